The summed E-state index contributed by atoms with van der Waals surface area (Å²) in [6, 6.07) is 21.2. The summed E-state index contributed by atoms with van der Waals surface area (Å²) in [6.45, 7) is 1.46. The van der Waals surface area contributed by atoms with Crippen molar-refractivity contribution in [3.8, 4) is 11.3 Å². The number of benzene rings is 2. The van der Waals surface area contributed by atoms with Crippen LogP contribution >= 0.6 is 0 Å². The molecular weight excluding hydrogens is 372 g/mol. The largest absolute Gasteiger partial charge is 0.355 e. The van der Waals surface area contributed by atoms with Gasteiger partial charge in [0.25, 0.3) is 0 Å². The van der Waals surface area contributed by atoms with Crippen molar-refractivity contribution < 1.29 is 0 Å². The SMILES string of the molecule is CN=C(NCC(Cc1ccccc1)N(C)C)N(C)Cc1ncc(-c2ccccc2)[nH]1. The lowest BCUT2D eigenvalue weighted by molar-refractivity contribution is 0.287. The van der Waals surface area contributed by atoms with Crippen LogP contribution in [0.25, 0.3) is 11.3 Å². The maximum absolute atomic E-state index is 4.54. The van der Waals surface area contributed by atoms with E-state index in [1.54, 1.807) is 0 Å². The molecule has 6 nitrogen and oxygen atoms in total. The topological polar surface area (TPSA) is 59.6 Å². The molecule has 1 atom stereocenters. The number of nitrogens with zero attached hydrogens (tertiary/aromatic N) is 4. The summed E-state index contributed by atoms with van der Waals surface area (Å²) in [7, 11) is 8.09. The molecule has 0 spiro atoms. The number of aliphatic imine (C=N–C) groups is 1. The first kappa shape index (κ1) is 21.6. The third-order valence-electron chi connectivity index (χ3n) is 5.21. The van der Waals surface area contributed by atoms with Crippen LogP contribution in [-0.2, 0) is 13.0 Å². The highest BCUT2D eigenvalue weighted by Gasteiger charge is 2.15. The minimum absolute atomic E-state index is 0.367. The van der Waals surface area contributed by atoms with E-state index in [9.17, 15) is 0 Å². The van der Waals surface area contributed by atoms with Crippen molar-refractivity contribution >= 4 is 5.96 Å². The minimum Gasteiger partial charge on any atom is -0.355 e. The lowest BCUT2D eigenvalue weighted by Gasteiger charge is -2.28. The van der Waals surface area contributed by atoms with Crippen LogP contribution in [0, 0.1) is 0 Å². The number of H-pyrrole nitrogens is 1. The molecule has 2 N–H and O–H groups in total. The fraction of sp³-hybridized carbons (Fsp3) is 0.333. The van der Waals surface area contributed by atoms with E-state index in [1.807, 2.05) is 38.5 Å². The molecule has 30 heavy (non-hydrogen) atoms. The molecular formula is C24H32N6. The number of aromatic nitrogens is 2. The Morgan fingerprint density at radius 3 is 2.33 bits per heavy atom. The van der Waals surface area contributed by atoms with E-state index in [0.717, 1.165) is 36.0 Å². The summed E-state index contributed by atoms with van der Waals surface area (Å²) in [6.07, 6.45) is 2.87. The van der Waals surface area contributed by atoms with Gasteiger partial charge in [-0.25, -0.2) is 4.98 Å². The Balaban J connectivity index is 1.58. The van der Waals surface area contributed by atoms with E-state index in [-0.39, 0.29) is 0 Å². The van der Waals surface area contributed by atoms with Gasteiger partial charge >= 0.3 is 0 Å². The van der Waals surface area contributed by atoms with Crippen molar-refractivity contribution in [2.24, 2.45) is 4.99 Å². The molecule has 158 valence electrons. The lowest BCUT2D eigenvalue weighted by atomic mass is 10.1. The number of rotatable bonds is 8. The molecule has 0 amide bonds. The third-order valence-corrected chi connectivity index (χ3v) is 5.21. The van der Waals surface area contributed by atoms with Crippen molar-refractivity contribution in [2.75, 3.05) is 34.7 Å². The van der Waals surface area contributed by atoms with Gasteiger partial charge in [-0.3, -0.25) is 4.99 Å². The molecule has 1 aromatic heterocycles. The van der Waals surface area contributed by atoms with E-state index < -0.39 is 0 Å². The van der Waals surface area contributed by atoms with E-state index in [2.05, 4.69) is 86.6 Å². The van der Waals surface area contributed by atoms with Crippen molar-refractivity contribution in [1.82, 2.24) is 25.1 Å². The Labute approximate surface area is 179 Å². The standard InChI is InChI=1S/C24H32N6/c1-25-24(27-16-21(29(2)3)15-19-11-7-5-8-12-19)30(4)18-23-26-17-22(28-23)20-13-9-6-10-14-20/h5-14,17,21H,15-16,18H2,1-4H3,(H,25,27)(H,26,28). The van der Waals surface area contributed by atoms with Crippen molar-refractivity contribution in [3.05, 3.63) is 78.2 Å². The monoisotopic (exact) mass is 404 g/mol. The average molecular weight is 405 g/mol. The van der Waals surface area contributed by atoms with Gasteiger partial charge in [0.05, 0.1) is 18.4 Å². The van der Waals surface area contributed by atoms with Crippen molar-refractivity contribution in [2.45, 2.75) is 19.0 Å². The van der Waals surface area contributed by atoms with Gasteiger partial charge in [0.15, 0.2) is 5.96 Å². The fourth-order valence-corrected chi connectivity index (χ4v) is 3.42. The number of guanidine groups is 1. The van der Waals surface area contributed by atoms with Gasteiger partial charge in [-0.05, 0) is 31.6 Å². The third kappa shape index (κ3) is 5.94. The van der Waals surface area contributed by atoms with E-state index >= 15 is 0 Å². The lowest BCUT2D eigenvalue weighted by Crippen LogP contribution is -2.46. The quantitative estimate of drug-likeness (QED) is 0.447. The summed E-state index contributed by atoms with van der Waals surface area (Å²) in [5, 5.41) is 3.52. The molecule has 1 heterocycles. The van der Waals surface area contributed by atoms with Crippen LogP contribution in [-0.4, -0.2) is 66.5 Å². The molecule has 3 aromatic rings. The Bertz CT molecular complexity index is 917. The van der Waals surface area contributed by atoms with Gasteiger partial charge in [-0.2, -0.15) is 0 Å². The highest BCUT2D eigenvalue weighted by molar-refractivity contribution is 5.79. The number of imidazole rings is 1. The van der Waals surface area contributed by atoms with Crippen molar-refractivity contribution in [3.63, 3.8) is 0 Å². The van der Waals surface area contributed by atoms with E-state index in [0.29, 0.717) is 12.6 Å². The van der Waals surface area contributed by atoms with Crippen LogP contribution in [0.15, 0.2) is 71.9 Å². The zero-order valence-corrected chi connectivity index (χ0v) is 18.3. The van der Waals surface area contributed by atoms with Crippen LogP contribution in [0.2, 0.25) is 0 Å². The molecule has 0 bridgehead atoms. The van der Waals surface area contributed by atoms with Crippen LogP contribution in [0.1, 0.15) is 11.4 Å². The van der Waals surface area contributed by atoms with Crippen LogP contribution in [0.5, 0.6) is 0 Å². The van der Waals surface area contributed by atoms with Crippen molar-refractivity contribution in [1.29, 1.82) is 0 Å². The average Bonchev–Trinajstić information content (AvgIpc) is 3.23. The Morgan fingerprint density at radius 1 is 1.03 bits per heavy atom. The summed E-state index contributed by atoms with van der Waals surface area (Å²) < 4.78 is 0. The second kappa shape index (κ2) is 10.6. The smallest absolute Gasteiger partial charge is 0.193 e. The zero-order chi connectivity index (χ0) is 21.3. The first-order valence-electron chi connectivity index (χ1n) is 10.3. The highest BCUT2D eigenvalue weighted by Crippen LogP contribution is 2.16. The van der Waals surface area contributed by atoms with Gasteiger partial charge in [-0.1, -0.05) is 60.7 Å². The van der Waals surface area contributed by atoms with Gasteiger partial charge < -0.3 is 20.1 Å². The second-order valence-electron chi connectivity index (χ2n) is 7.70. The van der Waals surface area contributed by atoms with E-state index in [4.69, 9.17) is 0 Å². The normalized spacial score (nSPS) is 12.8. The molecule has 0 aliphatic rings. The molecule has 1 unspecified atom stereocenters. The molecule has 3 rings (SSSR count). The number of aromatic amines is 1. The minimum atomic E-state index is 0.367. The summed E-state index contributed by atoms with van der Waals surface area (Å²) >= 11 is 0. The maximum atomic E-state index is 4.54. The molecule has 0 saturated heterocycles. The van der Waals surface area contributed by atoms with E-state index in [1.165, 1.54) is 5.56 Å². The van der Waals surface area contributed by atoms with Gasteiger partial charge in [-0.15, -0.1) is 0 Å². The highest BCUT2D eigenvalue weighted by atomic mass is 15.3. The fourth-order valence-electron chi connectivity index (χ4n) is 3.42. The van der Waals surface area contributed by atoms with Gasteiger partial charge in [0.2, 0.25) is 0 Å². The summed E-state index contributed by atoms with van der Waals surface area (Å²) in [5.41, 5.74) is 3.50. The molecule has 2 aromatic carbocycles. The number of hydrogen-bond donors (Lipinski definition) is 2. The zero-order valence-electron chi connectivity index (χ0n) is 18.3. The Morgan fingerprint density at radius 2 is 1.70 bits per heavy atom. The summed E-state index contributed by atoms with van der Waals surface area (Å²) in [5.74, 6) is 1.76. The van der Waals surface area contributed by atoms with Gasteiger partial charge in [0.1, 0.15) is 5.82 Å². The molecule has 0 radical (unpaired) electrons. The molecule has 0 aliphatic carbocycles. The molecule has 0 fully saturated rings. The predicted molar refractivity (Wildman–Crippen MR) is 124 cm³/mol. The summed E-state index contributed by atoms with van der Waals surface area (Å²) in [4.78, 5) is 16.8. The first-order valence-corrected chi connectivity index (χ1v) is 10.3. The second-order valence-corrected chi connectivity index (χ2v) is 7.70. The van der Waals surface area contributed by atoms with Crippen LogP contribution in [0.4, 0.5) is 0 Å². The van der Waals surface area contributed by atoms with Crippen LogP contribution in [0.3, 0.4) is 0 Å². The van der Waals surface area contributed by atoms with Crippen LogP contribution < -0.4 is 5.32 Å². The Hall–Kier alpha value is -3.12. The predicted octanol–water partition coefficient (Wildman–Crippen LogP) is 3.26. The number of hydrogen-bond acceptors (Lipinski definition) is 3. The number of likely N-dealkylation sites (N-methyl/N-ethyl adjacent to an activating group) is 1. The molecule has 6 heteroatoms. The number of nitrogens with one attached hydrogen (secondary N) is 2. The molecule has 0 saturated carbocycles. The Kier molecular flexibility index (Phi) is 7.63. The first-order chi connectivity index (χ1) is 14.6. The maximum Gasteiger partial charge on any atom is 0.193 e. The van der Waals surface area contributed by atoms with Gasteiger partial charge in [0, 0.05) is 26.7 Å². The molecule has 0 aliphatic heterocycles.